The van der Waals surface area contributed by atoms with Gasteiger partial charge in [-0.05, 0) is 13.3 Å². The van der Waals surface area contributed by atoms with Crippen molar-refractivity contribution in [1.82, 2.24) is 4.98 Å². The summed E-state index contributed by atoms with van der Waals surface area (Å²) in [6.45, 7) is 10.8. The normalized spacial score (nSPS) is 13.8. The van der Waals surface area contributed by atoms with Crippen molar-refractivity contribution in [2.75, 3.05) is 11.9 Å². The molecule has 17 heavy (non-hydrogen) atoms. The summed E-state index contributed by atoms with van der Waals surface area (Å²) in [5.41, 5.74) is 1.01. The monoisotopic (exact) mass is 256 g/mol. The highest BCUT2D eigenvalue weighted by atomic mass is 32.1. The summed E-state index contributed by atoms with van der Waals surface area (Å²) >= 11 is 1.60. The van der Waals surface area contributed by atoms with E-state index >= 15 is 0 Å². The summed E-state index contributed by atoms with van der Waals surface area (Å²) in [6.07, 6.45) is 1.09. The quantitative estimate of drug-likeness (QED) is 0.899. The number of anilines is 1. The van der Waals surface area contributed by atoms with E-state index in [0.29, 0.717) is 6.04 Å². The topological polar surface area (TPSA) is 36.4 Å². The zero-order valence-electron chi connectivity index (χ0n) is 11.7. The molecule has 0 aliphatic rings. The Balaban J connectivity index is 3.09. The molecule has 0 saturated carbocycles. The minimum absolute atomic E-state index is 0.0108. The van der Waals surface area contributed by atoms with E-state index < -0.39 is 0 Å². The Labute approximate surface area is 108 Å². The second kappa shape index (κ2) is 5.36. The molecule has 1 aromatic heterocycles. The maximum atomic E-state index is 9.42. The number of hydrogen-bond donors (Lipinski definition) is 1. The summed E-state index contributed by atoms with van der Waals surface area (Å²) in [4.78, 5) is 7.89. The van der Waals surface area contributed by atoms with Gasteiger partial charge in [-0.15, -0.1) is 0 Å². The Morgan fingerprint density at radius 3 is 2.35 bits per heavy atom. The fourth-order valence-corrected chi connectivity index (χ4v) is 2.84. The summed E-state index contributed by atoms with van der Waals surface area (Å²) < 4.78 is 0. The molecular weight excluding hydrogens is 232 g/mol. The van der Waals surface area contributed by atoms with Crippen LogP contribution in [0.4, 0.5) is 5.13 Å². The molecule has 0 spiro atoms. The highest BCUT2D eigenvalue weighted by Gasteiger charge is 2.24. The lowest BCUT2D eigenvalue weighted by Crippen LogP contribution is -2.28. The molecular formula is C13H24N2OS. The largest absolute Gasteiger partial charge is 0.391 e. The first-order valence-electron chi connectivity index (χ1n) is 6.15. The third kappa shape index (κ3) is 3.19. The zero-order chi connectivity index (χ0) is 13.2. The van der Waals surface area contributed by atoms with Crippen LogP contribution in [0.2, 0.25) is 0 Å². The molecule has 1 N–H and O–H groups in total. The number of rotatable bonds is 4. The van der Waals surface area contributed by atoms with Gasteiger partial charge in [0.15, 0.2) is 5.13 Å². The Morgan fingerprint density at radius 2 is 2.00 bits per heavy atom. The highest BCUT2D eigenvalue weighted by molar-refractivity contribution is 7.15. The fourth-order valence-electron chi connectivity index (χ4n) is 1.65. The molecule has 4 heteroatoms. The van der Waals surface area contributed by atoms with Gasteiger partial charge in [-0.1, -0.05) is 39.0 Å². The second-order valence-electron chi connectivity index (χ2n) is 5.54. The molecule has 0 aliphatic heterocycles. The molecule has 1 rings (SSSR count). The van der Waals surface area contributed by atoms with Crippen LogP contribution in [-0.2, 0) is 12.0 Å². The molecule has 1 heterocycles. The Hall–Kier alpha value is -0.610. The SMILES string of the molecule is CCC(C)N(C)c1nc(C(C)(C)C)c(CO)s1. The predicted molar refractivity (Wildman–Crippen MR) is 74.9 cm³/mol. The van der Waals surface area contributed by atoms with Gasteiger partial charge in [-0.25, -0.2) is 4.98 Å². The number of aromatic nitrogens is 1. The second-order valence-corrected chi connectivity index (χ2v) is 6.61. The van der Waals surface area contributed by atoms with Crippen molar-refractivity contribution in [1.29, 1.82) is 0 Å². The third-order valence-electron chi connectivity index (χ3n) is 3.09. The lowest BCUT2D eigenvalue weighted by molar-refractivity contribution is 0.282. The van der Waals surface area contributed by atoms with Crippen molar-refractivity contribution in [2.24, 2.45) is 0 Å². The first-order valence-corrected chi connectivity index (χ1v) is 6.96. The van der Waals surface area contributed by atoms with Crippen molar-refractivity contribution in [3.8, 4) is 0 Å². The van der Waals surface area contributed by atoms with Crippen LogP contribution in [0.1, 0.15) is 51.6 Å². The van der Waals surface area contributed by atoms with E-state index in [9.17, 15) is 5.11 Å². The minimum Gasteiger partial charge on any atom is -0.391 e. The number of thiazole rings is 1. The molecule has 0 fully saturated rings. The van der Waals surface area contributed by atoms with Crippen LogP contribution < -0.4 is 4.90 Å². The maximum absolute atomic E-state index is 9.42. The van der Waals surface area contributed by atoms with Crippen LogP contribution in [-0.4, -0.2) is 23.2 Å². The molecule has 1 unspecified atom stereocenters. The summed E-state index contributed by atoms with van der Waals surface area (Å²) in [5, 5.41) is 10.4. The van der Waals surface area contributed by atoms with E-state index in [1.807, 2.05) is 0 Å². The van der Waals surface area contributed by atoms with Crippen LogP contribution in [0, 0.1) is 0 Å². The average molecular weight is 256 g/mol. The average Bonchev–Trinajstić information content (AvgIpc) is 2.70. The molecule has 0 aliphatic carbocycles. The standard InChI is InChI=1S/C13H24N2OS/c1-7-9(2)15(6)12-14-11(13(3,4)5)10(8-16)17-12/h9,16H,7-8H2,1-6H3. The third-order valence-corrected chi connectivity index (χ3v) is 4.22. The highest BCUT2D eigenvalue weighted by Crippen LogP contribution is 2.34. The van der Waals surface area contributed by atoms with E-state index in [2.05, 4.69) is 46.6 Å². The van der Waals surface area contributed by atoms with Gasteiger partial charge in [0.1, 0.15) is 0 Å². The molecule has 0 saturated heterocycles. The van der Waals surface area contributed by atoms with Crippen molar-refractivity contribution >= 4 is 16.5 Å². The predicted octanol–water partition coefficient (Wildman–Crippen LogP) is 3.17. The molecule has 98 valence electrons. The maximum Gasteiger partial charge on any atom is 0.185 e. The van der Waals surface area contributed by atoms with Gasteiger partial charge in [-0.3, -0.25) is 0 Å². The summed E-state index contributed by atoms with van der Waals surface area (Å²) in [5.74, 6) is 0. The van der Waals surface area contributed by atoms with Crippen molar-refractivity contribution in [2.45, 2.75) is 59.1 Å². The Bertz CT molecular complexity index is 368. The van der Waals surface area contributed by atoms with E-state index in [0.717, 1.165) is 22.1 Å². The van der Waals surface area contributed by atoms with Crippen molar-refractivity contribution in [3.63, 3.8) is 0 Å². The van der Waals surface area contributed by atoms with Gasteiger partial charge < -0.3 is 10.0 Å². The van der Waals surface area contributed by atoms with Crippen molar-refractivity contribution in [3.05, 3.63) is 10.6 Å². The Morgan fingerprint density at radius 1 is 1.41 bits per heavy atom. The van der Waals surface area contributed by atoms with Crippen LogP contribution >= 0.6 is 11.3 Å². The van der Waals surface area contributed by atoms with E-state index in [1.54, 1.807) is 11.3 Å². The minimum atomic E-state index is -0.0108. The molecule has 0 amide bonds. The lowest BCUT2D eigenvalue weighted by Gasteiger charge is -2.23. The van der Waals surface area contributed by atoms with Gasteiger partial charge in [0.25, 0.3) is 0 Å². The zero-order valence-corrected chi connectivity index (χ0v) is 12.6. The molecule has 3 nitrogen and oxygen atoms in total. The first kappa shape index (κ1) is 14.5. The van der Waals surface area contributed by atoms with E-state index in [1.165, 1.54) is 0 Å². The Kier molecular flexibility index (Phi) is 4.55. The molecule has 0 radical (unpaired) electrons. The number of aliphatic hydroxyl groups excluding tert-OH is 1. The number of aliphatic hydroxyl groups is 1. The first-order chi connectivity index (χ1) is 7.81. The number of nitrogens with zero attached hydrogens (tertiary/aromatic N) is 2. The van der Waals surface area contributed by atoms with Crippen LogP contribution in [0.25, 0.3) is 0 Å². The fraction of sp³-hybridized carbons (Fsp3) is 0.769. The molecule has 0 bridgehead atoms. The smallest absolute Gasteiger partial charge is 0.185 e. The van der Waals surface area contributed by atoms with Gasteiger partial charge >= 0.3 is 0 Å². The van der Waals surface area contributed by atoms with Gasteiger partial charge in [0.2, 0.25) is 0 Å². The van der Waals surface area contributed by atoms with Gasteiger partial charge in [-0.2, -0.15) is 0 Å². The molecule has 1 atom stereocenters. The van der Waals surface area contributed by atoms with Gasteiger partial charge in [0, 0.05) is 18.5 Å². The van der Waals surface area contributed by atoms with Crippen LogP contribution in [0.3, 0.4) is 0 Å². The summed E-state index contributed by atoms with van der Waals surface area (Å²) in [6, 6.07) is 0.473. The van der Waals surface area contributed by atoms with Crippen LogP contribution in [0.5, 0.6) is 0 Å². The van der Waals surface area contributed by atoms with E-state index in [4.69, 9.17) is 4.98 Å². The lowest BCUT2D eigenvalue weighted by atomic mass is 9.91. The molecule has 1 aromatic rings. The summed E-state index contributed by atoms with van der Waals surface area (Å²) in [7, 11) is 2.07. The van der Waals surface area contributed by atoms with Gasteiger partial charge in [0.05, 0.1) is 17.2 Å². The van der Waals surface area contributed by atoms with E-state index in [-0.39, 0.29) is 12.0 Å². The molecule has 0 aromatic carbocycles. The van der Waals surface area contributed by atoms with Crippen LogP contribution in [0.15, 0.2) is 0 Å². The number of hydrogen-bond acceptors (Lipinski definition) is 4. The van der Waals surface area contributed by atoms with Crippen molar-refractivity contribution < 1.29 is 5.11 Å².